The number of likely N-dealkylation sites (tertiary alicyclic amines) is 1. The van der Waals surface area contributed by atoms with Gasteiger partial charge < -0.3 is 24.4 Å². The summed E-state index contributed by atoms with van der Waals surface area (Å²) in [7, 11) is 1.14. The average Bonchev–Trinajstić information content (AvgIpc) is 2.67. The number of nitrogens with one attached hydrogen (secondary N) is 1. The summed E-state index contributed by atoms with van der Waals surface area (Å²) in [6.45, 7) is 6.37. The minimum absolute atomic E-state index is 0.0490. The minimum atomic E-state index is -3.23. The summed E-state index contributed by atoms with van der Waals surface area (Å²) >= 11 is 0. The van der Waals surface area contributed by atoms with Crippen LogP contribution in [0.15, 0.2) is 12.1 Å². The van der Waals surface area contributed by atoms with E-state index in [-0.39, 0.29) is 35.3 Å². The van der Waals surface area contributed by atoms with Crippen LogP contribution < -0.4 is 10.1 Å². The standard InChI is InChI=1S/C22H31F3N2O5/c1-12-9-14(7-8-27(12)21(29)32-22(3,4)5)13(2)26-17-11-15(19(28)30-6)10-16(23)18(17)31-20(24)25/h10-14,20,26H,7-9H2,1-6H3. The van der Waals surface area contributed by atoms with Crippen molar-refractivity contribution >= 4 is 17.7 Å². The van der Waals surface area contributed by atoms with Crippen molar-refractivity contribution in [1.29, 1.82) is 0 Å². The Bertz CT molecular complexity index is 829. The molecule has 3 atom stereocenters. The topological polar surface area (TPSA) is 77.1 Å². The number of methoxy groups -OCH3 is 1. The lowest BCUT2D eigenvalue weighted by molar-refractivity contribution is -0.0517. The van der Waals surface area contributed by atoms with Gasteiger partial charge in [-0.05, 0) is 65.5 Å². The second-order valence-corrected chi connectivity index (χ2v) is 8.95. The van der Waals surface area contributed by atoms with Crippen LogP contribution in [0.3, 0.4) is 0 Å². The Morgan fingerprint density at radius 3 is 2.44 bits per heavy atom. The van der Waals surface area contributed by atoms with Gasteiger partial charge >= 0.3 is 18.7 Å². The first-order chi connectivity index (χ1) is 14.8. The highest BCUT2D eigenvalue weighted by Gasteiger charge is 2.34. The molecule has 0 spiro atoms. The van der Waals surface area contributed by atoms with Crippen LogP contribution in [0.5, 0.6) is 5.75 Å². The highest BCUT2D eigenvalue weighted by atomic mass is 19.3. The second-order valence-electron chi connectivity index (χ2n) is 8.95. The predicted octanol–water partition coefficient (Wildman–Crippen LogP) is 5.05. The van der Waals surface area contributed by atoms with E-state index in [1.165, 1.54) is 6.07 Å². The Morgan fingerprint density at radius 2 is 1.91 bits per heavy atom. The fourth-order valence-electron chi connectivity index (χ4n) is 3.76. The van der Waals surface area contributed by atoms with Crippen molar-refractivity contribution in [3.63, 3.8) is 0 Å². The first-order valence-corrected chi connectivity index (χ1v) is 10.4. The first-order valence-electron chi connectivity index (χ1n) is 10.4. The number of carbonyl (C=O) groups is 2. The van der Waals surface area contributed by atoms with Crippen LogP contribution in [0.4, 0.5) is 23.7 Å². The summed E-state index contributed by atoms with van der Waals surface area (Å²) in [6, 6.07) is 1.62. The maximum atomic E-state index is 14.4. The van der Waals surface area contributed by atoms with E-state index in [2.05, 4.69) is 14.8 Å². The van der Waals surface area contributed by atoms with Crippen molar-refractivity contribution < 1.29 is 37.0 Å². The number of anilines is 1. The monoisotopic (exact) mass is 460 g/mol. The molecular weight excluding hydrogens is 429 g/mol. The number of carbonyl (C=O) groups excluding carboxylic acids is 2. The third-order valence-corrected chi connectivity index (χ3v) is 5.31. The molecule has 1 aromatic rings. The van der Waals surface area contributed by atoms with Crippen LogP contribution in [0, 0.1) is 11.7 Å². The van der Waals surface area contributed by atoms with Gasteiger partial charge in [-0.2, -0.15) is 8.78 Å². The quantitative estimate of drug-likeness (QED) is 0.599. The van der Waals surface area contributed by atoms with Gasteiger partial charge in [-0.3, -0.25) is 0 Å². The molecule has 10 heteroatoms. The maximum Gasteiger partial charge on any atom is 0.410 e. The van der Waals surface area contributed by atoms with Crippen molar-refractivity contribution in [1.82, 2.24) is 4.90 Å². The van der Waals surface area contributed by atoms with E-state index in [9.17, 15) is 22.8 Å². The molecule has 1 saturated heterocycles. The van der Waals surface area contributed by atoms with Gasteiger partial charge in [-0.25, -0.2) is 14.0 Å². The van der Waals surface area contributed by atoms with E-state index in [0.717, 1.165) is 13.2 Å². The molecule has 180 valence electrons. The second kappa shape index (κ2) is 10.3. The van der Waals surface area contributed by atoms with E-state index in [1.54, 1.807) is 25.7 Å². The third-order valence-electron chi connectivity index (χ3n) is 5.31. The molecule has 1 heterocycles. The average molecular weight is 460 g/mol. The summed E-state index contributed by atoms with van der Waals surface area (Å²) in [5, 5.41) is 3.01. The number of halogens is 3. The maximum absolute atomic E-state index is 14.4. The molecule has 7 nitrogen and oxygen atoms in total. The zero-order valence-electron chi connectivity index (χ0n) is 19.2. The number of esters is 1. The molecule has 0 aromatic heterocycles. The normalized spacial score (nSPS) is 20.0. The molecule has 3 unspecified atom stereocenters. The van der Waals surface area contributed by atoms with Gasteiger partial charge in [0.05, 0.1) is 18.4 Å². The largest absolute Gasteiger partial charge is 0.465 e. The molecule has 2 rings (SSSR count). The molecule has 1 aliphatic rings. The van der Waals surface area contributed by atoms with Gasteiger partial charge in [-0.1, -0.05) is 0 Å². The van der Waals surface area contributed by atoms with Gasteiger partial charge in [-0.15, -0.1) is 0 Å². The molecule has 1 aliphatic heterocycles. The van der Waals surface area contributed by atoms with Gasteiger partial charge in [0.1, 0.15) is 5.60 Å². The number of piperidine rings is 1. The Kier molecular flexibility index (Phi) is 8.25. The Balaban J connectivity index is 2.16. The Morgan fingerprint density at radius 1 is 1.25 bits per heavy atom. The smallest absolute Gasteiger partial charge is 0.410 e. The highest BCUT2D eigenvalue weighted by molar-refractivity contribution is 5.91. The summed E-state index contributed by atoms with van der Waals surface area (Å²) in [4.78, 5) is 25.9. The molecule has 1 amide bonds. The first kappa shape index (κ1) is 25.6. The van der Waals surface area contributed by atoms with Crippen LogP contribution in [-0.2, 0) is 9.47 Å². The van der Waals surface area contributed by atoms with Crippen LogP contribution in [0.2, 0.25) is 0 Å². The van der Waals surface area contributed by atoms with Gasteiger partial charge in [0.15, 0.2) is 11.6 Å². The molecule has 0 bridgehead atoms. The van der Waals surface area contributed by atoms with Crippen molar-refractivity contribution in [2.24, 2.45) is 5.92 Å². The van der Waals surface area contributed by atoms with E-state index >= 15 is 0 Å². The number of hydrogen-bond donors (Lipinski definition) is 1. The van der Waals surface area contributed by atoms with Crippen LogP contribution in [-0.4, -0.2) is 54.9 Å². The summed E-state index contributed by atoms with van der Waals surface area (Å²) in [6.07, 6.45) is 0.865. The Hall–Kier alpha value is -2.65. The fraction of sp³-hybridized carbons (Fsp3) is 0.636. The summed E-state index contributed by atoms with van der Waals surface area (Å²) in [5.41, 5.74) is -0.798. The molecule has 1 aromatic carbocycles. The SMILES string of the molecule is COC(=O)c1cc(F)c(OC(F)F)c(NC(C)C2CCN(C(=O)OC(C)(C)C)C(C)C2)c1. The Labute approximate surface area is 186 Å². The van der Waals surface area contributed by atoms with Crippen LogP contribution in [0.1, 0.15) is 57.8 Å². The van der Waals surface area contributed by atoms with E-state index in [4.69, 9.17) is 4.74 Å². The number of ether oxygens (including phenoxy) is 3. The molecule has 0 aliphatic carbocycles. The predicted molar refractivity (Wildman–Crippen MR) is 113 cm³/mol. The third kappa shape index (κ3) is 6.67. The van der Waals surface area contributed by atoms with E-state index < -0.39 is 29.7 Å². The summed E-state index contributed by atoms with van der Waals surface area (Å²) < 4.78 is 54.5. The van der Waals surface area contributed by atoms with Crippen molar-refractivity contribution in [3.8, 4) is 5.75 Å². The lowest BCUT2D eigenvalue weighted by Gasteiger charge is -2.40. The number of amides is 1. The van der Waals surface area contributed by atoms with Crippen LogP contribution in [0.25, 0.3) is 0 Å². The zero-order chi connectivity index (χ0) is 24.2. The van der Waals surface area contributed by atoms with Gasteiger partial charge in [0.2, 0.25) is 0 Å². The van der Waals surface area contributed by atoms with Crippen molar-refractivity contribution in [3.05, 3.63) is 23.5 Å². The van der Waals surface area contributed by atoms with Crippen molar-refractivity contribution in [2.75, 3.05) is 19.0 Å². The molecule has 1 N–H and O–H groups in total. The number of alkyl halides is 2. The van der Waals surface area contributed by atoms with E-state index in [0.29, 0.717) is 19.4 Å². The summed E-state index contributed by atoms with van der Waals surface area (Å²) in [5.74, 6) is -2.52. The van der Waals surface area contributed by atoms with Crippen LogP contribution >= 0.6 is 0 Å². The van der Waals surface area contributed by atoms with Gasteiger partial charge in [0, 0.05) is 18.6 Å². The minimum Gasteiger partial charge on any atom is -0.465 e. The molecule has 0 saturated carbocycles. The van der Waals surface area contributed by atoms with Crippen molar-refractivity contribution in [2.45, 2.75) is 71.8 Å². The lowest BCUT2D eigenvalue weighted by Crippen LogP contribution is -2.49. The molecular formula is C22H31F3N2O5. The zero-order valence-corrected chi connectivity index (χ0v) is 19.2. The lowest BCUT2D eigenvalue weighted by atomic mass is 9.86. The fourth-order valence-corrected chi connectivity index (χ4v) is 3.76. The number of hydrogen-bond acceptors (Lipinski definition) is 6. The number of benzene rings is 1. The molecule has 1 fully saturated rings. The van der Waals surface area contributed by atoms with Gasteiger partial charge in [0.25, 0.3) is 0 Å². The highest BCUT2D eigenvalue weighted by Crippen LogP contribution is 2.35. The number of nitrogens with zero attached hydrogens (tertiary/aromatic N) is 1. The molecule has 32 heavy (non-hydrogen) atoms. The van der Waals surface area contributed by atoms with E-state index in [1.807, 2.05) is 13.8 Å². The number of rotatable bonds is 6. The molecule has 0 radical (unpaired) electrons.